The smallest absolute Gasteiger partial charge is 0.130 e. The molecule has 1 heterocycles. The van der Waals surface area contributed by atoms with Crippen LogP contribution in [0.2, 0.25) is 0 Å². The first-order valence-electron chi connectivity index (χ1n) is 4.81. The molecule has 1 fully saturated rings. The average molecular weight is 257 g/mol. The maximum absolute atomic E-state index is 8.96. The van der Waals surface area contributed by atoms with Gasteiger partial charge in [0.2, 0.25) is 0 Å². The Morgan fingerprint density at radius 3 is 2.86 bits per heavy atom. The van der Waals surface area contributed by atoms with Gasteiger partial charge in [0.05, 0.1) is 6.61 Å². The van der Waals surface area contributed by atoms with E-state index in [-0.39, 0.29) is 6.61 Å². The van der Waals surface area contributed by atoms with E-state index >= 15 is 0 Å². The number of aliphatic hydroxyl groups is 1. The van der Waals surface area contributed by atoms with E-state index in [1.165, 1.54) is 12.8 Å². The summed E-state index contributed by atoms with van der Waals surface area (Å²) in [7, 11) is 0. The van der Waals surface area contributed by atoms with Crippen LogP contribution in [-0.4, -0.2) is 29.3 Å². The zero-order chi connectivity index (χ0) is 9.97. The van der Waals surface area contributed by atoms with E-state index in [1.807, 2.05) is 18.2 Å². The second kappa shape index (κ2) is 4.28. The van der Waals surface area contributed by atoms with E-state index in [0.29, 0.717) is 12.6 Å². The quantitative estimate of drug-likeness (QED) is 0.835. The number of aliphatic hydroxyl groups excluding tert-OH is 1. The summed E-state index contributed by atoms with van der Waals surface area (Å²) < 4.78 is 0.846. The minimum absolute atomic E-state index is 0.185. The molecule has 3 nitrogen and oxygen atoms in total. The number of rotatable bonds is 4. The van der Waals surface area contributed by atoms with E-state index < -0.39 is 0 Å². The third kappa shape index (κ3) is 2.25. The minimum atomic E-state index is 0.185. The first kappa shape index (κ1) is 9.93. The van der Waals surface area contributed by atoms with Gasteiger partial charge in [0, 0.05) is 12.6 Å². The van der Waals surface area contributed by atoms with E-state index in [9.17, 15) is 0 Å². The van der Waals surface area contributed by atoms with Crippen molar-refractivity contribution in [2.24, 2.45) is 0 Å². The highest BCUT2D eigenvalue weighted by Crippen LogP contribution is 2.30. The number of hydrogen-bond acceptors (Lipinski definition) is 3. The molecule has 1 aliphatic rings. The van der Waals surface area contributed by atoms with Gasteiger partial charge in [0.1, 0.15) is 10.4 Å². The van der Waals surface area contributed by atoms with Crippen molar-refractivity contribution >= 4 is 21.7 Å². The molecule has 0 saturated heterocycles. The van der Waals surface area contributed by atoms with Crippen molar-refractivity contribution in [3.05, 3.63) is 22.8 Å². The SMILES string of the molecule is OCCN(c1cccc(Br)n1)C1CC1. The van der Waals surface area contributed by atoms with Crippen molar-refractivity contribution in [2.75, 3.05) is 18.1 Å². The van der Waals surface area contributed by atoms with Gasteiger partial charge in [-0.2, -0.15) is 0 Å². The highest BCUT2D eigenvalue weighted by molar-refractivity contribution is 9.10. The van der Waals surface area contributed by atoms with E-state index in [2.05, 4.69) is 25.8 Å². The summed E-state index contributed by atoms with van der Waals surface area (Å²) in [4.78, 5) is 6.56. The average Bonchev–Trinajstić information content (AvgIpc) is 2.97. The molecule has 1 aromatic rings. The minimum Gasteiger partial charge on any atom is -0.395 e. The topological polar surface area (TPSA) is 36.4 Å². The number of halogens is 1. The summed E-state index contributed by atoms with van der Waals surface area (Å²) in [6.45, 7) is 0.860. The van der Waals surface area contributed by atoms with Crippen LogP contribution in [0.4, 0.5) is 5.82 Å². The van der Waals surface area contributed by atoms with E-state index in [4.69, 9.17) is 5.11 Å². The normalized spacial score (nSPS) is 15.6. The number of pyridine rings is 1. The van der Waals surface area contributed by atoms with Crippen LogP contribution in [-0.2, 0) is 0 Å². The molecule has 0 bridgehead atoms. The lowest BCUT2D eigenvalue weighted by Gasteiger charge is -2.22. The summed E-state index contributed by atoms with van der Waals surface area (Å²) in [5.74, 6) is 0.955. The maximum Gasteiger partial charge on any atom is 0.130 e. The number of nitrogens with zero attached hydrogens (tertiary/aromatic N) is 2. The Labute approximate surface area is 91.9 Å². The van der Waals surface area contributed by atoms with Crippen molar-refractivity contribution in [3.63, 3.8) is 0 Å². The van der Waals surface area contributed by atoms with Gasteiger partial charge in [-0.3, -0.25) is 0 Å². The molecule has 4 heteroatoms. The molecular formula is C10H13BrN2O. The van der Waals surface area contributed by atoms with Crippen LogP contribution in [0, 0.1) is 0 Å². The van der Waals surface area contributed by atoms with Crippen LogP contribution in [0.25, 0.3) is 0 Å². The van der Waals surface area contributed by atoms with E-state index in [0.717, 1.165) is 10.4 Å². The Bertz CT molecular complexity index is 315. The van der Waals surface area contributed by atoms with Crippen LogP contribution in [0.1, 0.15) is 12.8 Å². The summed E-state index contributed by atoms with van der Waals surface area (Å²) >= 11 is 3.35. The molecular weight excluding hydrogens is 244 g/mol. The van der Waals surface area contributed by atoms with Crippen LogP contribution in [0.5, 0.6) is 0 Å². The molecule has 0 unspecified atom stereocenters. The Balaban J connectivity index is 2.16. The molecule has 0 aliphatic heterocycles. The van der Waals surface area contributed by atoms with Gasteiger partial charge in [0.15, 0.2) is 0 Å². The first-order valence-corrected chi connectivity index (χ1v) is 5.60. The lowest BCUT2D eigenvalue weighted by atomic mass is 10.4. The second-order valence-corrected chi connectivity index (χ2v) is 4.28. The molecule has 0 radical (unpaired) electrons. The van der Waals surface area contributed by atoms with Gasteiger partial charge in [0.25, 0.3) is 0 Å². The van der Waals surface area contributed by atoms with Gasteiger partial charge in [-0.05, 0) is 40.9 Å². The van der Waals surface area contributed by atoms with E-state index in [1.54, 1.807) is 0 Å². The number of hydrogen-bond donors (Lipinski definition) is 1. The standard InChI is InChI=1S/C10H13BrN2O/c11-9-2-1-3-10(12-9)13(6-7-14)8-4-5-8/h1-3,8,14H,4-7H2. The largest absolute Gasteiger partial charge is 0.395 e. The summed E-state index contributed by atoms with van der Waals surface area (Å²) in [5.41, 5.74) is 0. The Hall–Kier alpha value is -0.610. The van der Waals surface area contributed by atoms with Crippen molar-refractivity contribution in [2.45, 2.75) is 18.9 Å². The summed E-state index contributed by atoms with van der Waals surface area (Å²) in [5, 5.41) is 8.96. The van der Waals surface area contributed by atoms with Crippen LogP contribution >= 0.6 is 15.9 Å². The highest BCUT2D eigenvalue weighted by Gasteiger charge is 2.29. The van der Waals surface area contributed by atoms with Crippen LogP contribution in [0.15, 0.2) is 22.8 Å². The lowest BCUT2D eigenvalue weighted by molar-refractivity contribution is 0.301. The first-order chi connectivity index (χ1) is 6.81. The van der Waals surface area contributed by atoms with Crippen molar-refractivity contribution in [1.82, 2.24) is 4.98 Å². The molecule has 0 atom stereocenters. The molecule has 1 saturated carbocycles. The number of anilines is 1. The molecule has 1 N–H and O–H groups in total. The zero-order valence-corrected chi connectivity index (χ0v) is 9.44. The van der Waals surface area contributed by atoms with Crippen molar-refractivity contribution in [1.29, 1.82) is 0 Å². The summed E-state index contributed by atoms with van der Waals surface area (Å²) in [6, 6.07) is 6.45. The Kier molecular flexibility index (Phi) is 3.03. The molecule has 0 spiro atoms. The molecule has 0 amide bonds. The molecule has 1 aromatic heterocycles. The van der Waals surface area contributed by atoms with Gasteiger partial charge < -0.3 is 10.0 Å². The van der Waals surface area contributed by atoms with Crippen molar-refractivity contribution in [3.8, 4) is 0 Å². The Morgan fingerprint density at radius 1 is 1.50 bits per heavy atom. The molecule has 2 rings (SSSR count). The highest BCUT2D eigenvalue weighted by atomic mass is 79.9. The summed E-state index contributed by atoms with van der Waals surface area (Å²) in [6.07, 6.45) is 2.43. The van der Waals surface area contributed by atoms with Crippen LogP contribution in [0.3, 0.4) is 0 Å². The fraction of sp³-hybridized carbons (Fsp3) is 0.500. The predicted molar refractivity (Wildman–Crippen MR) is 59.4 cm³/mol. The molecule has 14 heavy (non-hydrogen) atoms. The Morgan fingerprint density at radius 2 is 2.29 bits per heavy atom. The third-order valence-electron chi connectivity index (χ3n) is 2.32. The fourth-order valence-electron chi connectivity index (χ4n) is 1.54. The molecule has 76 valence electrons. The predicted octanol–water partition coefficient (Wildman–Crippen LogP) is 1.81. The zero-order valence-electron chi connectivity index (χ0n) is 7.86. The maximum atomic E-state index is 8.96. The fourth-order valence-corrected chi connectivity index (χ4v) is 1.87. The monoisotopic (exact) mass is 256 g/mol. The lowest BCUT2D eigenvalue weighted by Crippen LogP contribution is -2.29. The second-order valence-electron chi connectivity index (χ2n) is 3.47. The molecule has 1 aliphatic carbocycles. The third-order valence-corrected chi connectivity index (χ3v) is 2.76. The van der Waals surface area contributed by atoms with Gasteiger partial charge in [-0.25, -0.2) is 4.98 Å². The van der Waals surface area contributed by atoms with Gasteiger partial charge in [-0.15, -0.1) is 0 Å². The van der Waals surface area contributed by atoms with Crippen molar-refractivity contribution < 1.29 is 5.11 Å². The van der Waals surface area contributed by atoms with Gasteiger partial charge >= 0.3 is 0 Å². The number of aromatic nitrogens is 1. The van der Waals surface area contributed by atoms with Crippen LogP contribution < -0.4 is 4.90 Å². The van der Waals surface area contributed by atoms with Gasteiger partial charge in [-0.1, -0.05) is 6.07 Å². The molecule has 0 aromatic carbocycles.